The van der Waals surface area contributed by atoms with Crippen LogP contribution in [0.4, 0.5) is 28.0 Å². The average Bonchev–Trinajstić information content (AvgIpc) is 3.07. The molecule has 146 valence electrons. The zero-order valence-corrected chi connectivity index (χ0v) is 14.6. The van der Waals surface area contributed by atoms with Gasteiger partial charge >= 0.3 is 6.03 Å². The number of likely N-dealkylation sites (tertiary alicyclic amines) is 1. The fourth-order valence-corrected chi connectivity index (χ4v) is 3.34. The lowest BCUT2D eigenvalue weighted by atomic mass is 10.0. The number of carbonyl (C=O) groups excluding carboxylic acids is 1. The first-order valence-electron chi connectivity index (χ1n) is 8.69. The molecule has 2 aromatic carbocycles. The van der Waals surface area contributed by atoms with E-state index in [4.69, 9.17) is 0 Å². The Morgan fingerprint density at radius 3 is 2.39 bits per heavy atom. The third-order valence-electron chi connectivity index (χ3n) is 4.74. The summed E-state index contributed by atoms with van der Waals surface area (Å²) in [4.78, 5) is 14.2. The standard InChI is InChI=1S/C19H16F4N4O/c20-12-1-2-17(16(23)8-12)25-15-9-26(10-15)19(28)27-18(3-4-24-27)11-5-13(21)7-14(22)6-11/h1-2,4-8,15,18,25H,3,9-10H2. The maximum atomic E-state index is 13.7. The summed E-state index contributed by atoms with van der Waals surface area (Å²) in [5.41, 5.74) is 0.484. The van der Waals surface area contributed by atoms with E-state index in [1.54, 1.807) is 0 Å². The van der Waals surface area contributed by atoms with E-state index in [1.807, 2.05) is 0 Å². The number of benzene rings is 2. The van der Waals surface area contributed by atoms with E-state index >= 15 is 0 Å². The van der Waals surface area contributed by atoms with Crippen molar-refractivity contribution >= 4 is 17.9 Å². The number of rotatable bonds is 3. The first-order valence-corrected chi connectivity index (χ1v) is 8.69. The highest BCUT2D eigenvalue weighted by atomic mass is 19.1. The third kappa shape index (κ3) is 3.51. The molecule has 0 aromatic heterocycles. The first kappa shape index (κ1) is 18.3. The molecule has 2 amide bonds. The molecule has 28 heavy (non-hydrogen) atoms. The predicted molar refractivity (Wildman–Crippen MR) is 94.8 cm³/mol. The molecule has 5 nitrogen and oxygen atoms in total. The van der Waals surface area contributed by atoms with Gasteiger partial charge < -0.3 is 10.2 Å². The minimum Gasteiger partial charge on any atom is -0.376 e. The monoisotopic (exact) mass is 392 g/mol. The van der Waals surface area contributed by atoms with Gasteiger partial charge in [0.25, 0.3) is 0 Å². The molecule has 2 heterocycles. The van der Waals surface area contributed by atoms with E-state index in [-0.39, 0.29) is 11.7 Å². The van der Waals surface area contributed by atoms with Gasteiger partial charge in [0.1, 0.15) is 23.3 Å². The maximum Gasteiger partial charge on any atom is 0.341 e. The molecule has 1 unspecified atom stereocenters. The molecule has 0 radical (unpaired) electrons. The summed E-state index contributed by atoms with van der Waals surface area (Å²) in [5.74, 6) is -2.81. The number of nitrogens with zero attached hydrogens (tertiary/aromatic N) is 3. The maximum absolute atomic E-state index is 13.7. The van der Waals surface area contributed by atoms with Crippen LogP contribution in [0.1, 0.15) is 18.0 Å². The predicted octanol–water partition coefficient (Wildman–Crippen LogP) is 3.89. The summed E-state index contributed by atoms with van der Waals surface area (Å²) >= 11 is 0. The van der Waals surface area contributed by atoms with Crippen LogP contribution in [-0.4, -0.2) is 41.3 Å². The fraction of sp³-hybridized carbons (Fsp3) is 0.263. The van der Waals surface area contributed by atoms with Crippen molar-refractivity contribution in [2.75, 3.05) is 18.4 Å². The summed E-state index contributed by atoms with van der Waals surface area (Å²) in [6.07, 6.45) is 1.87. The van der Waals surface area contributed by atoms with E-state index in [2.05, 4.69) is 10.4 Å². The highest BCUT2D eigenvalue weighted by Crippen LogP contribution is 2.31. The minimum atomic E-state index is -0.719. The van der Waals surface area contributed by atoms with Crippen LogP contribution in [0.25, 0.3) is 0 Å². The molecule has 1 N–H and O–H groups in total. The molecule has 1 fully saturated rings. The summed E-state index contributed by atoms with van der Waals surface area (Å²) in [5, 5.41) is 8.15. The number of hydrogen-bond acceptors (Lipinski definition) is 3. The van der Waals surface area contributed by atoms with E-state index < -0.39 is 35.3 Å². The summed E-state index contributed by atoms with van der Waals surface area (Å²) in [7, 11) is 0. The molecular formula is C19H16F4N4O. The molecule has 0 spiro atoms. The van der Waals surface area contributed by atoms with Gasteiger partial charge in [0.05, 0.1) is 17.8 Å². The van der Waals surface area contributed by atoms with Gasteiger partial charge in [0.15, 0.2) is 0 Å². The smallest absolute Gasteiger partial charge is 0.341 e. The van der Waals surface area contributed by atoms with Crippen LogP contribution >= 0.6 is 0 Å². The van der Waals surface area contributed by atoms with Crippen molar-refractivity contribution in [2.45, 2.75) is 18.5 Å². The number of hydrogen-bond donors (Lipinski definition) is 1. The summed E-state index contributed by atoms with van der Waals surface area (Å²) in [6, 6.07) is 5.18. The van der Waals surface area contributed by atoms with Gasteiger partial charge in [-0.1, -0.05) is 0 Å². The van der Waals surface area contributed by atoms with Gasteiger partial charge in [-0.2, -0.15) is 5.10 Å². The van der Waals surface area contributed by atoms with Gasteiger partial charge in [-0.15, -0.1) is 0 Å². The summed E-state index contributed by atoms with van der Waals surface area (Å²) in [6.45, 7) is 0.595. The minimum absolute atomic E-state index is 0.158. The number of anilines is 1. The largest absolute Gasteiger partial charge is 0.376 e. The van der Waals surface area contributed by atoms with Crippen molar-refractivity contribution < 1.29 is 22.4 Å². The van der Waals surface area contributed by atoms with Gasteiger partial charge in [0.2, 0.25) is 0 Å². The number of nitrogens with one attached hydrogen (secondary N) is 1. The van der Waals surface area contributed by atoms with Crippen LogP contribution in [0, 0.1) is 23.3 Å². The highest BCUT2D eigenvalue weighted by molar-refractivity contribution is 5.79. The van der Waals surface area contributed by atoms with Crippen molar-refractivity contribution in [2.24, 2.45) is 5.10 Å². The molecule has 2 aromatic rings. The molecule has 2 aliphatic rings. The molecule has 1 saturated heterocycles. The number of amides is 2. The molecule has 9 heteroatoms. The van der Waals surface area contributed by atoms with E-state index in [0.29, 0.717) is 25.1 Å². The Balaban J connectivity index is 1.39. The van der Waals surface area contributed by atoms with Crippen LogP contribution in [0.3, 0.4) is 0 Å². The second-order valence-corrected chi connectivity index (χ2v) is 6.75. The van der Waals surface area contributed by atoms with Crippen LogP contribution in [-0.2, 0) is 0 Å². The van der Waals surface area contributed by atoms with Gasteiger partial charge in [-0.3, -0.25) is 0 Å². The third-order valence-corrected chi connectivity index (χ3v) is 4.74. The Hall–Kier alpha value is -3.10. The number of hydrazone groups is 1. The topological polar surface area (TPSA) is 47.9 Å². The Kier molecular flexibility index (Phi) is 4.66. The first-order chi connectivity index (χ1) is 13.4. The molecule has 1 atom stereocenters. The zero-order chi connectivity index (χ0) is 19.8. The van der Waals surface area contributed by atoms with Crippen LogP contribution in [0.15, 0.2) is 41.5 Å². The quantitative estimate of drug-likeness (QED) is 0.806. The van der Waals surface area contributed by atoms with Crippen molar-refractivity contribution in [1.29, 1.82) is 0 Å². The molecule has 2 aliphatic heterocycles. The molecule has 4 rings (SSSR count). The second-order valence-electron chi connectivity index (χ2n) is 6.75. The normalized spacial score (nSPS) is 19.1. The van der Waals surface area contributed by atoms with Crippen molar-refractivity contribution in [1.82, 2.24) is 9.91 Å². The Morgan fingerprint density at radius 2 is 1.71 bits per heavy atom. The van der Waals surface area contributed by atoms with Crippen molar-refractivity contribution in [3.05, 3.63) is 65.2 Å². The van der Waals surface area contributed by atoms with Crippen LogP contribution in [0.2, 0.25) is 0 Å². The molecule has 0 saturated carbocycles. The van der Waals surface area contributed by atoms with Gasteiger partial charge in [-0.05, 0) is 29.8 Å². The van der Waals surface area contributed by atoms with E-state index in [1.165, 1.54) is 34.3 Å². The second kappa shape index (κ2) is 7.14. The van der Waals surface area contributed by atoms with Gasteiger partial charge in [0, 0.05) is 37.9 Å². The van der Waals surface area contributed by atoms with E-state index in [9.17, 15) is 22.4 Å². The summed E-state index contributed by atoms with van der Waals surface area (Å²) < 4.78 is 53.7. The van der Waals surface area contributed by atoms with Crippen LogP contribution in [0.5, 0.6) is 0 Å². The SMILES string of the molecule is O=C(N1CC(Nc2ccc(F)cc2F)C1)N1N=CCC1c1cc(F)cc(F)c1. The lowest BCUT2D eigenvalue weighted by Gasteiger charge is -2.42. The Morgan fingerprint density at radius 1 is 1.00 bits per heavy atom. The Labute approximate surface area is 158 Å². The lowest BCUT2D eigenvalue weighted by Crippen LogP contribution is -2.59. The van der Waals surface area contributed by atoms with Gasteiger partial charge in [-0.25, -0.2) is 27.4 Å². The Bertz CT molecular complexity index is 925. The average molecular weight is 392 g/mol. The highest BCUT2D eigenvalue weighted by Gasteiger charge is 2.38. The molecule has 0 aliphatic carbocycles. The zero-order valence-electron chi connectivity index (χ0n) is 14.6. The number of halogens is 4. The molecular weight excluding hydrogens is 376 g/mol. The fourth-order valence-electron chi connectivity index (χ4n) is 3.34. The van der Waals surface area contributed by atoms with Crippen LogP contribution < -0.4 is 5.32 Å². The van der Waals surface area contributed by atoms with E-state index in [0.717, 1.165) is 18.2 Å². The number of carbonyl (C=O) groups is 1. The van der Waals surface area contributed by atoms with Crippen molar-refractivity contribution in [3.63, 3.8) is 0 Å². The number of urea groups is 1. The molecule has 0 bridgehead atoms. The van der Waals surface area contributed by atoms with Crippen molar-refractivity contribution in [3.8, 4) is 0 Å². The lowest BCUT2D eigenvalue weighted by molar-refractivity contribution is 0.111.